The Hall–Kier alpha value is -0.390. The molecule has 0 amide bonds. The minimum Gasteiger partial charge on any atom is -0.271 e. The van der Waals surface area contributed by atoms with E-state index in [1.54, 1.807) is 6.20 Å². The van der Waals surface area contributed by atoms with Gasteiger partial charge < -0.3 is 0 Å². The summed E-state index contributed by atoms with van der Waals surface area (Å²) in [6.45, 7) is 2.13. The number of aryl methyl sites for hydroxylation is 1. The summed E-state index contributed by atoms with van der Waals surface area (Å²) in [5.74, 6) is 5.48. The minimum absolute atomic E-state index is 0.173. The summed E-state index contributed by atoms with van der Waals surface area (Å²) in [6, 6.07) is 0.173. The first-order valence-corrected chi connectivity index (χ1v) is 5.13. The molecule has 1 aromatic heterocycles. The number of rotatable bonds is 4. The number of nitrogens with zero attached hydrogens (tertiary/aromatic N) is 2. The molecule has 74 valence electrons. The fourth-order valence-corrected chi connectivity index (χ4v) is 2.02. The second-order valence-corrected chi connectivity index (χ2v) is 3.86. The molecule has 0 aliphatic rings. The lowest BCUT2D eigenvalue weighted by molar-refractivity contribution is 0.474. The smallest absolute Gasteiger partial charge is 0.0705 e. The van der Waals surface area contributed by atoms with Crippen LogP contribution >= 0.6 is 15.9 Å². The molecule has 4 nitrogen and oxygen atoms in total. The van der Waals surface area contributed by atoms with Gasteiger partial charge in [0.2, 0.25) is 0 Å². The number of hydrazine groups is 1. The van der Waals surface area contributed by atoms with Gasteiger partial charge in [0.25, 0.3) is 0 Å². The zero-order chi connectivity index (χ0) is 9.84. The number of halogens is 1. The van der Waals surface area contributed by atoms with Gasteiger partial charge in [0.1, 0.15) is 0 Å². The van der Waals surface area contributed by atoms with Crippen LogP contribution in [0.25, 0.3) is 0 Å². The molecule has 0 aromatic carbocycles. The predicted octanol–water partition coefficient (Wildman–Crippen LogP) is 1.49. The van der Waals surface area contributed by atoms with Crippen LogP contribution in [0.2, 0.25) is 0 Å². The maximum absolute atomic E-state index is 5.48. The van der Waals surface area contributed by atoms with E-state index in [9.17, 15) is 0 Å². The largest absolute Gasteiger partial charge is 0.271 e. The van der Waals surface area contributed by atoms with Gasteiger partial charge in [0.15, 0.2) is 0 Å². The molecule has 3 N–H and O–H groups in total. The Labute approximate surface area is 86.6 Å². The molecule has 0 spiro atoms. The molecule has 1 heterocycles. The van der Waals surface area contributed by atoms with Gasteiger partial charge in [0, 0.05) is 7.05 Å². The monoisotopic (exact) mass is 246 g/mol. The van der Waals surface area contributed by atoms with Gasteiger partial charge in [-0.1, -0.05) is 13.3 Å². The van der Waals surface area contributed by atoms with E-state index in [0.29, 0.717) is 0 Å². The fraction of sp³-hybridized carbons (Fsp3) is 0.625. The third kappa shape index (κ3) is 2.30. The van der Waals surface area contributed by atoms with Gasteiger partial charge >= 0.3 is 0 Å². The molecule has 0 saturated carbocycles. The second kappa shape index (κ2) is 4.74. The van der Waals surface area contributed by atoms with Crippen molar-refractivity contribution >= 4 is 15.9 Å². The van der Waals surface area contributed by atoms with Crippen LogP contribution in [-0.2, 0) is 7.05 Å². The summed E-state index contributed by atoms with van der Waals surface area (Å²) in [7, 11) is 1.92. The van der Waals surface area contributed by atoms with Crippen molar-refractivity contribution in [3.63, 3.8) is 0 Å². The Balaban J connectivity index is 2.89. The fourth-order valence-electron chi connectivity index (χ4n) is 1.40. The molecule has 0 bridgehead atoms. The molecule has 1 aromatic rings. The molecule has 1 rings (SSSR count). The quantitative estimate of drug-likeness (QED) is 0.626. The molecule has 0 aliphatic carbocycles. The lowest BCUT2D eigenvalue weighted by Gasteiger charge is -2.15. The van der Waals surface area contributed by atoms with E-state index >= 15 is 0 Å². The molecule has 1 unspecified atom stereocenters. The van der Waals surface area contributed by atoms with Crippen LogP contribution in [0.3, 0.4) is 0 Å². The highest BCUT2D eigenvalue weighted by molar-refractivity contribution is 9.10. The highest BCUT2D eigenvalue weighted by Gasteiger charge is 2.16. The topological polar surface area (TPSA) is 55.9 Å². The maximum atomic E-state index is 5.48. The van der Waals surface area contributed by atoms with Crippen LogP contribution in [0.1, 0.15) is 31.5 Å². The number of aromatic nitrogens is 2. The van der Waals surface area contributed by atoms with Crippen LogP contribution in [0.15, 0.2) is 10.7 Å². The highest BCUT2D eigenvalue weighted by atomic mass is 79.9. The molecular formula is C8H15BrN4. The van der Waals surface area contributed by atoms with Crippen LogP contribution in [0.5, 0.6) is 0 Å². The van der Waals surface area contributed by atoms with E-state index in [-0.39, 0.29) is 6.04 Å². The van der Waals surface area contributed by atoms with Crippen molar-refractivity contribution in [2.24, 2.45) is 12.9 Å². The van der Waals surface area contributed by atoms with Gasteiger partial charge in [-0.05, 0) is 22.4 Å². The molecule has 13 heavy (non-hydrogen) atoms. The van der Waals surface area contributed by atoms with E-state index in [1.807, 2.05) is 11.7 Å². The SMILES string of the molecule is CCCC(NN)c1c(Br)cnn1C. The van der Waals surface area contributed by atoms with Crippen molar-refractivity contribution in [3.8, 4) is 0 Å². The van der Waals surface area contributed by atoms with E-state index < -0.39 is 0 Å². The van der Waals surface area contributed by atoms with Crippen LogP contribution in [-0.4, -0.2) is 9.78 Å². The number of nitrogens with one attached hydrogen (secondary N) is 1. The second-order valence-electron chi connectivity index (χ2n) is 3.01. The van der Waals surface area contributed by atoms with Crippen LogP contribution in [0, 0.1) is 0 Å². The minimum atomic E-state index is 0.173. The van der Waals surface area contributed by atoms with E-state index in [4.69, 9.17) is 5.84 Å². The first-order chi connectivity index (χ1) is 6.20. The summed E-state index contributed by atoms with van der Waals surface area (Å²) in [6.07, 6.45) is 3.89. The Morgan fingerprint density at radius 1 is 1.77 bits per heavy atom. The van der Waals surface area contributed by atoms with Gasteiger partial charge in [-0.15, -0.1) is 0 Å². The third-order valence-electron chi connectivity index (χ3n) is 2.05. The molecule has 0 fully saturated rings. The standard InChI is InChI=1S/C8H15BrN4/c1-3-4-7(12-10)8-6(9)5-11-13(8)2/h5,7,12H,3-4,10H2,1-2H3. The lowest BCUT2D eigenvalue weighted by atomic mass is 10.1. The highest BCUT2D eigenvalue weighted by Crippen LogP contribution is 2.24. The normalized spacial score (nSPS) is 13.2. The zero-order valence-electron chi connectivity index (χ0n) is 7.92. The van der Waals surface area contributed by atoms with E-state index in [1.165, 1.54) is 0 Å². The molecule has 5 heteroatoms. The molecule has 0 saturated heterocycles. The first-order valence-electron chi connectivity index (χ1n) is 4.34. The number of nitrogens with two attached hydrogens (primary N) is 1. The maximum Gasteiger partial charge on any atom is 0.0705 e. The molecular weight excluding hydrogens is 232 g/mol. The lowest BCUT2D eigenvalue weighted by Crippen LogP contribution is -2.29. The van der Waals surface area contributed by atoms with Gasteiger partial charge in [0.05, 0.1) is 22.4 Å². The van der Waals surface area contributed by atoms with E-state index in [0.717, 1.165) is 23.0 Å². The average molecular weight is 247 g/mol. The van der Waals surface area contributed by atoms with Crippen LogP contribution < -0.4 is 11.3 Å². The first kappa shape index (κ1) is 10.7. The van der Waals surface area contributed by atoms with E-state index in [2.05, 4.69) is 33.4 Å². The summed E-state index contributed by atoms with van der Waals surface area (Å²) >= 11 is 3.45. The predicted molar refractivity (Wildman–Crippen MR) is 55.9 cm³/mol. The van der Waals surface area contributed by atoms with Crippen molar-refractivity contribution in [1.82, 2.24) is 15.2 Å². The Morgan fingerprint density at radius 3 is 2.85 bits per heavy atom. The average Bonchev–Trinajstić information content (AvgIpc) is 2.43. The summed E-state index contributed by atoms with van der Waals surface area (Å²) in [4.78, 5) is 0. The van der Waals surface area contributed by atoms with Crippen molar-refractivity contribution in [2.45, 2.75) is 25.8 Å². The Bertz CT molecular complexity index is 252. The third-order valence-corrected chi connectivity index (χ3v) is 2.66. The number of hydrogen-bond acceptors (Lipinski definition) is 3. The van der Waals surface area contributed by atoms with Crippen molar-refractivity contribution in [2.75, 3.05) is 0 Å². The van der Waals surface area contributed by atoms with Crippen molar-refractivity contribution in [1.29, 1.82) is 0 Å². The molecule has 0 radical (unpaired) electrons. The molecule has 1 atom stereocenters. The number of hydrogen-bond donors (Lipinski definition) is 2. The summed E-state index contributed by atoms with van der Waals surface area (Å²) < 4.78 is 2.84. The summed E-state index contributed by atoms with van der Waals surface area (Å²) in [5, 5.41) is 4.14. The van der Waals surface area contributed by atoms with Gasteiger partial charge in [-0.3, -0.25) is 16.0 Å². The van der Waals surface area contributed by atoms with Crippen molar-refractivity contribution < 1.29 is 0 Å². The summed E-state index contributed by atoms with van der Waals surface area (Å²) in [5.41, 5.74) is 3.90. The molecule has 0 aliphatic heterocycles. The van der Waals surface area contributed by atoms with Crippen LogP contribution in [0.4, 0.5) is 0 Å². The van der Waals surface area contributed by atoms with Crippen molar-refractivity contribution in [3.05, 3.63) is 16.4 Å². The Morgan fingerprint density at radius 2 is 2.46 bits per heavy atom. The van der Waals surface area contributed by atoms with Gasteiger partial charge in [-0.25, -0.2) is 0 Å². The zero-order valence-corrected chi connectivity index (χ0v) is 9.50. The Kier molecular flexibility index (Phi) is 3.90. The van der Waals surface area contributed by atoms with Gasteiger partial charge in [-0.2, -0.15) is 5.10 Å².